The van der Waals surface area contributed by atoms with Crippen molar-refractivity contribution >= 4 is 39.5 Å². The zero-order valence-electron chi connectivity index (χ0n) is 34.2. The third-order valence-electron chi connectivity index (χ3n) is 10.4. The molecule has 2 atom stereocenters. The quantitative estimate of drug-likeness (QED) is 0.0746. The lowest BCUT2D eigenvalue weighted by Crippen LogP contribution is -2.41. The van der Waals surface area contributed by atoms with Gasteiger partial charge in [0.1, 0.15) is 17.8 Å². The summed E-state index contributed by atoms with van der Waals surface area (Å²) in [5.41, 5.74) is 3.41. The molecule has 6 rings (SSSR count). The highest BCUT2D eigenvalue weighted by molar-refractivity contribution is 7.89. The minimum atomic E-state index is -4.42. The number of esters is 1. The number of aliphatic carboxylic acids is 2. The van der Waals surface area contributed by atoms with Gasteiger partial charge in [0.2, 0.25) is 10.0 Å². The fraction of sp³-hybridized carbons (Fsp3) is 0.261. The van der Waals surface area contributed by atoms with Crippen LogP contribution in [0.5, 0.6) is 5.75 Å². The number of anilines is 1. The van der Waals surface area contributed by atoms with Gasteiger partial charge in [0.25, 0.3) is 5.91 Å². The molecule has 0 unspecified atom stereocenters. The Bertz CT molecular complexity index is 2440. The van der Waals surface area contributed by atoms with Crippen LogP contribution in [-0.2, 0) is 35.3 Å². The van der Waals surface area contributed by atoms with E-state index in [9.17, 15) is 40.8 Å². The van der Waals surface area contributed by atoms with E-state index < -0.39 is 52.2 Å². The number of carbonyl (C=O) groups is 4. The van der Waals surface area contributed by atoms with Crippen molar-refractivity contribution in [2.45, 2.75) is 54.8 Å². The summed E-state index contributed by atoms with van der Waals surface area (Å²) in [6, 6.07) is 32.5. The smallest absolute Gasteiger partial charge is 0.416 e. The Morgan fingerprint density at radius 3 is 1.95 bits per heavy atom. The number of hydrogen-bond donors (Lipinski definition) is 4. The Labute approximate surface area is 362 Å². The molecule has 332 valence electrons. The van der Waals surface area contributed by atoms with Crippen LogP contribution in [0.3, 0.4) is 0 Å². The van der Waals surface area contributed by atoms with Crippen molar-refractivity contribution in [3.05, 3.63) is 150 Å². The number of nitrogens with one attached hydrogen (secondary N) is 2. The summed E-state index contributed by atoms with van der Waals surface area (Å²) in [5, 5.41) is 20.4. The molecule has 1 fully saturated rings. The molecule has 0 aliphatic carbocycles. The van der Waals surface area contributed by atoms with Gasteiger partial charge in [-0.2, -0.15) is 17.9 Å². The molecule has 5 aromatic carbocycles. The van der Waals surface area contributed by atoms with Crippen LogP contribution in [0, 0.1) is 0 Å². The topological polar surface area (TPSA) is 189 Å². The van der Waals surface area contributed by atoms with Gasteiger partial charge in [-0.25, -0.2) is 13.2 Å². The van der Waals surface area contributed by atoms with E-state index in [1.165, 1.54) is 50.6 Å². The number of nitrogens with zero attached hydrogens (tertiary/aromatic N) is 1. The normalized spacial score (nSPS) is 14.3. The first-order valence-electron chi connectivity index (χ1n) is 19.7. The van der Waals surface area contributed by atoms with Gasteiger partial charge in [0.05, 0.1) is 24.7 Å². The average molecular weight is 890 g/mol. The fourth-order valence-electron chi connectivity index (χ4n) is 7.05. The van der Waals surface area contributed by atoms with Crippen LogP contribution in [0.4, 0.5) is 18.9 Å². The van der Waals surface area contributed by atoms with Crippen LogP contribution in [0.2, 0.25) is 0 Å². The van der Waals surface area contributed by atoms with E-state index in [-0.39, 0.29) is 23.2 Å². The Morgan fingerprint density at radius 1 is 0.794 bits per heavy atom. The second-order valence-electron chi connectivity index (χ2n) is 14.5. The van der Waals surface area contributed by atoms with Gasteiger partial charge in [-0.1, -0.05) is 72.8 Å². The number of amides is 1. The Morgan fingerprint density at radius 2 is 1.40 bits per heavy atom. The van der Waals surface area contributed by atoms with Crippen LogP contribution < -0.4 is 14.8 Å². The lowest BCUT2D eigenvalue weighted by Gasteiger charge is -2.36. The summed E-state index contributed by atoms with van der Waals surface area (Å²) in [5.74, 6) is -2.48. The summed E-state index contributed by atoms with van der Waals surface area (Å²) < 4.78 is 75.0. The van der Waals surface area contributed by atoms with Gasteiger partial charge in [0, 0.05) is 17.7 Å². The summed E-state index contributed by atoms with van der Waals surface area (Å²) in [4.78, 5) is 49.2. The number of carboxylic acids is 2. The molecule has 1 aliphatic heterocycles. The van der Waals surface area contributed by atoms with Gasteiger partial charge in [0.15, 0.2) is 0 Å². The summed E-state index contributed by atoms with van der Waals surface area (Å²) >= 11 is 0. The van der Waals surface area contributed by atoms with E-state index in [1.807, 2.05) is 59.3 Å². The molecular weight excluding hydrogens is 844 g/mol. The lowest BCUT2D eigenvalue weighted by atomic mass is 9.88. The van der Waals surface area contributed by atoms with Crippen LogP contribution in [-0.4, -0.2) is 80.7 Å². The van der Waals surface area contributed by atoms with Gasteiger partial charge < -0.3 is 25.0 Å². The van der Waals surface area contributed by atoms with Crippen molar-refractivity contribution < 1.29 is 60.5 Å². The zero-order chi connectivity index (χ0) is 45.7. The Hall–Kier alpha value is -6.56. The van der Waals surface area contributed by atoms with Crippen LogP contribution in [0.15, 0.2) is 132 Å². The first-order valence-corrected chi connectivity index (χ1v) is 21.1. The van der Waals surface area contributed by atoms with Gasteiger partial charge in [-0.15, -0.1) is 0 Å². The third-order valence-corrected chi connectivity index (χ3v) is 11.9. The average Bonchev–Trinajstić information content (AvgIpc) is 3.28. The van der Waals surface area contributed by atoms with Crippen LogP contribution in [0.25, 0.3) is 11.1 Å². The minimum Gasteiger partial charge on any atom is -0.497 e. The number of hydrogen-bond acceptors (Lipinski definition) is 9. The SMILES string of the molecule is COC(=O)[C@H](c1ccccc1)N1CCC(c2ccc(NC(=O)c3ccccc3-c3ccc(C(F)(F)F)cc3)cc2)CC1.COc1ccc(S(=O)(=O)N[C@@H](CCC(=O)O)C(=O)O)cc1. The Kier molecular flexibility index (Phi) is 16.2. The molecule has 63 heavy (non-hydrogen) atoms. The van der Waals surface area contributed by atoms with Gasteiger partial charge in [-0.3, -0.25) is 19.3 Å². The first-order chi connectivity index (χ1) is 30.0. The van der Waals surface area contributed by atoms with Crippen molar-refractivity contribution in [1.29, 1.82) is 0 Å². The first kappa shape index (κ1) is 47.5. The number of sulfonamides is 1. The number of carboxylic acid groups (broad SMARTS) is 2. The van der Waals surface area contributed by atoms with E-state index in [0.717, 1.165) is 49.2 Å². The third kappa shape index (κ3) is 13.0. The monoisotopic (exact) mass is 889 g/mol. The lowest BCUT2D eigenvalue weighted by molar-refractivity contribution is -0.148. The number of benzene rings is 5. The molecule has 0 bridgehead atoms. The fourth-order valence-corrected chi connectivity index (χ4v) is 8.28. The number of likely N-dealkylation sites (tertiary alicyclic amines) is 1. The maximum absolute atomic E-state index is 13.2. The molecule has 0 radical (unpaired) electrons. The minimum absolute atomic E-state index is 0.134. The number of rotatable bonds is 15. The van der Waals surface area contributed by atoms with E-state index >= 15 is 0 Å². The molecule has 1 heterocycles. The molecule has 0 spiro atoms. The van der Waals surface area contributed by atoms with E-state index in [1.54, 1.807) is 24.3 Å². The second-order valence-corrected chi connectivity index (χ2v) is 16.2. The molecule has 17 heteroatoms. The molecule has 13 nitrogen and oxygen atoms in total. The molecule has 1 saturated heterocycles. The highest BCUT2D eigenvalue weighted by atomic mass is 32.2. The number of alkyl halides is 3. The number of carbonyl (C=O) groups excluding carboxylic acids is 2. The highest BCUT2D eigenvalue weighted by Crippen LogP contribution is 2.35. The number of halogens is 3. The van der Waals surface area contributed by atoms with Crippen molar-refractivity contribution in [3.8, 4) is 16.9 Å². The summed E-state index contributed by atoms with van der Waals surface area (Å²) in [7, 11) is -1.22. The number of methoxy groups -OCH3 is 2. The highest BCUT2D eigenvalue weighted by Gasteiger charge is 2.33. The van der Waals surface area contributed by atoms with Gasteiger partial charge >= 0.3 is 24.1 Å². The van der Waals surface area contributed by atoms with Crippen molar-refractivity contribution in [2.24, 2.45) is 0 Å². The van der Waals surface area contributed by atoms with E-state index in [0.29, 0.717) is 34.0 Å². The van der Waals surface area contributed by atoms with E-state index in [2.05, 4.69) is 10.2 Å². The molecule has 4 N–H and O–H groups in total. The van der Waals surface area contributed by atoms with Crippen LogP contribution in [0.1, 0.15) is 64.7 Å². The largest absolute Gasteiger partial charge is 0.497 e. The number of ether oxygens (including phenoxy) is 2. The van der Waals surface area contributed by atoms with Crippen LogP contribution >= 0.6 is 0 Å². The predicted molar refractivity (Wildman–Crippen MR) is 228 cm³/mol. The molecular formula is C46H46F3N3O10S. The Balaban J connectivity index is 0.000000300. The van der Waals surface area contributed by atoms with Crippen molar-refractivity contribution in [2.75, 3.05) is 32.6 Å². The summed E-state index contributed by atoms with van der Waals surface area (Å²) in [6.07, 6.45) is -3.46. The second kappa shape index (κ2) is 21.5. The molecule has 5 aromatic rings. The number of piperidine rings is 1. The molecule has 0 aromatic heterocycles. The summed E-state index contributed by atoms with van der Waals surface area (Å²) in [6.45, 7) is 1.50. The molecule has 0 saturated carbocycles. The zero-order valence-corrected chi connectivity index (χ0v) is 35.1. The maximum Gasteiger partial charge on any atom is 0.416 e. The predicted octanol–water partition coefficient (Wildman–Crippen LogP) is 8.01. The maximum atomic E-state index is 13.2. The van der Waals surface area contributed by atoms with Crippen molar-refractivity contribution in [1.82, 2.24) is 9.62 Å². The van der Waals surface area contributed by atoms with Gasteiger partial charge in [-0.05, 0) is 115 Å². The van der Waals surface area contributed by atoms with E-state index in [4.69, 9.17) is 19.7 Å². The molecule has 1 aliphatic rings. The standard InChI is InChI=1S/C34H31F3N2O3.C12H15NO7S/c1-42-33(41)31(26-7-3-2-4-8-26)39-21-19-24(20-22-39)23-13-17-28(18-14-23)38-32(40)30-10-6-5-9-29(30)25-11-15-27(16-12-25)34(35,36)37;1-20-8-2-4-9(5-3-8)21(18,19)13-10(12(16)17)6-7-11(14)15/h2-18,24,31H,19-22H2,1H3,(H,38,40);2-5,10,13H,6-7H2,1H3,(H,14,15)(H,16,17)/t31-;10-/m00/s1. The molecule has 1 amide bonds. The van der Waals surface area contributed by atoms with Crippen molar-refractivity contribution in [3.63, 3.8) is 0 Å².